The summed E-state index contributed by atoms with van der Waals surface area (Å²) in [6.45, 7) is 0. The molecular formula is C14H13ClN2O2S. The van der Waals surface area contributed by atoms with Gasteiger partial charge in [-0.1, -0.05) is 35.9 Å². The predicted octanol–water partition coefficient (Wildman–Crippen LogP) is 2.76. The molecule has 1 aliphatic heterocycles. The standard InChI is InChI=1S/C14H13ClN2O2S/c1-16-14-10-4-2-3-5-12(10)17-20(18,19)13-8-9(15)6-7-11(13)14/h2-8,14,16-17H,1H3. The molecule has 20 heavy (non-hydrogen) atoms. The molecule has 0 bridgehead atoms. The van der Waals surface area contributed by atoms with Crippen molar-refractivity contribution < 1.29 is 8.42 Å². The zero-order chi connectivity index (χ0) is 14.3. The molecule has 1 heterocycles. The first-order valence-corrected chi connectivity index (χ1v) is 7.97. The summed E-state index contributed by atoms with van der Waals surface area (Å²) in [6.07, 6.45) is 0. The van der Waals surface area contributed by atoms with E-state index in [9.17, 15) is 8.42 Å². The Labute approximate surface area is 122 Å². The Morgan fingerprint density at radius 2 is 1.90 bits per heavy atom. The van der Waals surface area contributed by atoms with Gasteiger partial charge in [-0.3, -0.25) is 4.72 Å². The number of benzene rings is 2. The van der Waals surface area contributed by atoms with Crippen molar-refractivity contribution in [2.75, 3.05) is 11.8 Å². The number of halogens is 1. The van der Waals surface area contributed by atoms with E-state index in [4.69, 9.17) is 11.6 Å². The lowest BCUT2D eigenvalue weighted by atomic mass is 9.97. The van der Waals surface area contributed by atoms with Gasteiger partial charge in [0.05, 0.1) is 16.6 Å². The third-order valence-corrected chi connectivity index (χ3v) is 5.04. The molecule has 2 aromatic rings. The number of hydrogen-bond acceptors (Lipinski definition) is 3. The summed E-state index contributed by atoms with van der Waals surface area (Å²) in [5.74, 6) is 0. The molecule has 0 aromatic heterocycles. The Hall–Kier alpha value is -1.56. The molecule has 1 aliphatic rings. The second-order valence-corrected chi connectivity index (χ2v) is 6.68. The molecule has 0 radical (unpaired) electrons. The van der Waals surface area contributed by atoms with E-state index in [0.29, 0.717) is 16.3 Å². The molecule has 0 aliphatic carbocycles. The molecule has 104 valence electrons. The number of nitrogens with one attached hydrogen (secondary N) is 2. The van der Waals surface area contributed by atoms with E-state index in [1.807, 2.05) is 12.1 Å². The number of para-hydroxylation sites is 1. The molecule has 0 spiro atoms. The smallest absolute Gasteiger partial charge is 0.262 e. The first kappa shape index (κ1) is 13.4. The van der Waals surface area contributed by atoms with Crippen LogP contribution in [0.4, 0.5) is 5.69 Å². The van der Waals surface area contributed by atoms with Crippen LogP contribution in [0, 0.1) is 0 Å². The molecule has 0 saturated carbocycles. The summed E-state index contributed by atoms with van der Waals surface area (Å²) in [5, 5.41) is 3.56. The highest BCUT2D eigenvalue weighted by Gasteiger charge is 2.30. The highest BCUT2D eigenvalue weighted by Crippen LogP contribution is 2.37. The van der Waals surface area contributed by atoms with Crippen molar-refractivity contribution in [2.24, 2.45) is 0 Å². The average Bonchev–Trinajstić information content (AvgIpc) is 2.51. The van der Waals surface area contributed by atoms with Crippen LogP contribution in [-0.4, -0.2) is 15.5 Å². The zero-order valence-electron chi connectivity index (χ0n) is 10.7. The summed E-state index contributed by atoms with van der Waals surface area (Å²) < 4.78 is 27.6. The van der Waals surface area contributed by atoms with E-state index in [-0.39, 0.29) is 10.9 Å². The molecule has 6 heteroatoms. The van der Waals surface area contributed by atoms with Crippen LogP contribution in [0.25, 0.3) is 0 Å². The number of rotatable bonds is 1. The topological polar surface area (TPSA) is 58.2 Å². The maximum Gasteiger partial charge on any atom is 0.262 e. The van der Waals surface area contributed by atoms with Gasteiger partial charge in [0.25, 0.3) is 10.0 Å². The molecule has 1 atom stereocenters. The third-order valence-electron chi connectivity index (χ3n) is 3.38. The van der Waals surface area contributed by atoms with Crippen LogP contribution in [0.15, 0.2) is 47.4 Å². The van der Waals surface area contributed by atoms with Crippen molar-refractivity contribution in [3.63, 3.8) is 0 Å². The van der Waals surface area contributed by atoms with E-state index < -0.39 is 10.0 Å². The van der Waals surface area contributed by atoms with Gasteiger partial charge in [0.15, 0.2) is 0 Å². The largest absolute Gasteiger partial charge is 0.309 e. The Balaban J connectivity index is 2.35. The van der Waals surface area contributed by atoms with E-state index >= 15 is 0 Å². The van der Waals surface area contributed by atoms with Crippen molar-refractivity contribution in [1.82, 2.24) is 5.32 Å². The van der Waals surface area contributed by atoms with Crippen molar-refractivity contribution >= 4 is 27.3 Å². The predicted molar refractivity (Wildman–Crippen MR) is 79.6 cm³/mol. The van der Waals surface area contributed by atoms with Crippen molar-refractivity contribution in [2.45, 2.75) is 10.9 Å². The Kier molecular flexibility index (Phi) is 3.20. The summed E-state index contributed by atoms with van der Waals surface area (Å²) in [5.41, 5.74) is 2.16. The van der Waals surface area contributed by atoms with Crippen LogP contribution in [-0.2, 0) is 10.0 Å². The Morgan fingerprint density at radius 1 is 1.15 bits per heavy atom. The fraction of sp³-hybridized carbons (Fsp3) is 0.143. The summed E-state index contributed by atoms with van der Waals surface area (Å²) in [6, 6.07) is 12.1. The summed E-state index contributed by atoms with van der Waals surface area (Å²) in [7, 11) is -1.83. The monoisotopic (exact) mass is 308 g/mol. The molecule has 3 rings (SSSR count). The van der Waals surface area contributed by atoms with Gasteiger partial charge in [0.1, 0.15) is 0 Å². The highest BCUT2D eigenvalue weighted by atomic mass is 35.5. The summed E-state index contributed by atoms with van der Waals surface area (Å²) >= 11 is 5.95. The first-order chi connectivity index (χ1) is 9.53. The summed E-state index contributed by atoms with van der Waals surface area (Å²) in [4.78, 5) is 0.209. The molecular weight excluding hydrogens is 296 g/mol. The lowest BCUT2D eigenvalue weighted by Crippen LogP contribution is -2.18. The minimum absolute atomic E-state index is 0.205. The first-order valence-electron chi connectivity index (χ1n) is 6.11. The number of anilines is 1. The van der Waals surface area contributed by atoms with Gasteiger partial charge in [-0.05, 0) is 36.4 Å². The third kappa shape index (κ3) is 2.08. The fourth-order valence-electron chi connectivity index (χ4n) is 2.50. The highest BCUT2D eigenvalue weighted by molar-refractivity contribution is 7.92. The lowest BCUT2D eigenvalue weighted by Gasteiger charge is -2.18. The van der Waals surface area contributed by atoms with Gasteiger partial charge >= 0.3 is 0 Å². The van der Waals surface area contributed by atoms with Gasteiger partial charge in [-0.2, -0.15) is 0 Å². The van der Waals surface area contributed by atoms with Gasteiger partial charge < -0.3 is 5.32 Å². The van der Waals surface area contributed by atoms with Gasteiger partial charge in [0.2, 0.25) is 0 Å². The maximum atomic E-state index is 12.5. The molecule has 4 nitrogen and oxygen atoms in total. The molecule has 0 amide bonds. The molecule has 0 fully saturated rings. The van der Waals surface area contributed by atoms with Crippen molar-refractivity contribution in [3.05, 3.63) is 58.6 Å². The number of hydrogen-bond donors (Lipinski definition) is 2. The van der Waals surface area contributed by atoms with Crippen LogP contribution in [0.3, 0.4) is 0 Å². The van der Waals surface area contributed by atoms with Crippen LogP contribution in [0.5, 0.6) is 0 Å². The normalized spacial score (nSPS) is 19.4. The van der Waals surface area contributed by atoms with E-state index in [0.717, 1.165) is 5.56 Å². The van der Waals surface area contributed by atoms with Crippen LogP contribution in [0.1, 0.15) is 17.2 Å². The quantitative estimate of drug-likeness (QED) is 0.851. The van der Waals surface area contributed by atoms with Gasteiger partial charge in [-0.25, -0.2) is 8.42 Å². The Morgan fingerprint density at radius 3 is 2.65 bits per heavy atom. The number of fused-ring (bicyclic) bond motifs is 2. The van der Waals surface area contributed by atoms with Crippen molar-refractivity contribution in [1.29, 1.82) is 0 Å². The SMILES string of the molecule is CNC1c2ccccc2NS(=O)(=O)c2cc(Cl)ccc21. The van der Waals surface area contributed by atoms with Crippen LogP contribution >= 0.6 is 11.6 Å². The Bertz CT molecular complexity index is 774. The van der Waals surface area contributed by atoms with E-state index in [1.54, 1.807) is 31.3 Å². The van der Waals surface area contributed by atoms with Crippen LogP contribution in [0.2, 0.25) is 5.02 Å². The average molecular weight is 309 g/mol. The maximum absolute atomic E-state index is 12.5. The molecule has 0 saturated heterocycles. The van der Waals surface area contributed by atoms with Gasteiger partial charge in [-0.15, -0.1) is 0 Å². The van der Waals surface area contributed by atoms with Crippen LogP contribution < -0.4 is 10.0 Å². The fourth-order valence-corrected chi connectivity index (χ4v) is 4.10. The zero-order valence-corrected chi connectivity index (χ0v) is 12.3. The molecule has 2 aromatic carbocycles. The molecule has 1 unspecified atom stereocenters. The number of sulfonamides is 1. The lowest BCUT2D eigenvalue weighted by molar-refractivity contribution is 0.598. The van der Waals surface area contributed by atoms with Crippen molar-refractivity contribution in [3.8, 4) is 0 Å². The van der Waals surface area contributed by atoms with E-state index in [1.165, 1.54) is 6.07 Å². The minimum Gasteiger partial charge on any atom is -0.309 e. The minimum atomic E-state index is -3.63. The second kappa shape index (κ2) is 4.77. The van der Waals surface area contributed by atoms with Gasteiger partial charge in [0, 0.05) is 5.02 Å². The second-order valence-electron chi connectivity index (χ2n) is 4.60. The molecule has 2 N–H and O–H groups in total. The van der Waals surface area contributed by atoms with E-state index in [2.05, 4.69) is 10.0 Å².